The first-order valence-electron chi connectivity index (χ1n) is 7.76. The van der Waals surface area contributed by atoms with E-state index in [2.05, 4.69) is 38.9 Å². The highest BCUT2D eigenvalue weighted by molar-refractivity contribution is 9.10. The largest absolute Gasteiger partial charge is 0.486 e. The SMILES string of the molecule is COC(=O)CCc1ccc(OC2CCc3ccc(Br)cc32)cc1. The Kier molecular flexibility index (Phi) is 5.01. The molecule has 0 saturated carbocycles. The Labute approximate surface area is 144 Å². The minimum atomic E-state index is -0.182. The lowest BCUT2D eigenvalue weighted by Crippen LogP contribution is -2.04. The van der Waals surface area contributed by atoms with Crippen molar-refractivity contribution in [3.05, 3.63) is 63.6 Å². The summed E-state index contributed by atoms with van der Waals surface area (Å²) in [5, 5.41) is 0. The average molecular weight is 375 g/mol. The van der Waals surface area contributed by atoms with Gasteiger partial charge in [0.25, 0.3) is 0 Å². The molecule has 3 nitrogen and oxygen atoms in total. The Morgan fingerprint density at radius 2 is 2.00 bits per heavy atom. The van der Waals surface area contributed by atoms with Gasteiger partial charge in [-0.1, -0.05) is 34.1 Å². The molecular weight excluding hydrogens is 356 g/mol. The van der Waals surface area contributed by atoms with Crippen molar-refractivity contribution in [1.29, 1.82) is 0 Å². The summed E-state index contributed by atoms with van der Waals surface area (Å²) in [6.07, 6.45) is 3.27. The van der Waals surface area contributed by atoms with E-state index in [1.807, 2.05) is 24.3 Å². The summed E-state index contributed by atoms with van der Waals surface area (Å²) in [7, 11) is 1.41. The summed E-state index contributed by atoms with van der Waals surface area (Å²) in [6.45, 7) is 0. The molecular formula is C19H19BrO3. The van der Waals surface area contributed by atoms with Crippen LogP contribution in [0.4, 0.5) is 0 Å². The molecule has 4 heteroatoms. The van der Waals surface area contributed by atoms with Crippen molar-refractivity contribution in [2.24, 2.45) is 0 Å². The first-order chi connectivity index (χ1) is 11.2. The highest BCUT2D eigenvalue weighted by atomic mass is 79.9. The molecule has 0 spiro atoms. The third kappa shape index (κ3) is 3.94. The van der Waals surface area contributed by atoms with E-state index in [-0.39, 0.29) is 12.1 Å². The number of methoxy groups -OCH3 is 1. The van der Waals surface area contributed by atoms with E-state index >= 15 is 0 Å². The van der Waals surface area contributed by atoms with E-state index in [1.54, 1.807) is 0 Å². The number of rotatable bonds is 5. The summed E-state index contributed by atoms with van der Waals surface area (Å²) in [6, 6.07) is 14.4. The lowest BCUT2D eigenvalue weighted by Gasteiger charge is -2.15. The fourth-order valence-corrected chi connectivity index (χ4v) is 3.28. The molecule has 3 rings (SSSR count). The number of benzene rings is 2. The second-order valence-electron chi connectivity index (χ2n) is 5.71. The number of hydrogen-bond acceptors (Lipinski definition) is 3. The van der Waals surface area contributed by atoms with Crippen LogP contribution in [-0.4, -0.2) is 13.1 Å². The van der Waals surface area contributed by atoms with Gasteiger partial charge in [0.2, 0.25) is 0 Å². The molecule has 0 heterocycles. The second-order valence-corrected chi connectivity index (χ2v) is 6.62. The van der Waals surface area contributed by atoms with Gasteiger partial charge in [-0.25, -0.2) is 0 Å². The van der Waals surface area contributed by atoms with Gasteiger partial charge in [-0.3, -0.25) is 4.79 Å². The predicted octanol–water partition coefficient (Wildman–Crippen LogP) is 4.62. The van der Waals surface area contributed by atoms with Gasteiger partial charge in [0, 0.05) is 10.9 Å². The van der Waals surface area contributed by atoms with Gasteiger partial charge in [0.05, 0.1) is 7.11 Å². The zero-order chi connectivity index (χ0) is 16.2. The van der Waals surface area contributed by atoms with Gasteiger partial charge in [-0.05, 0) is 60.2 Å². The molecule has 1 unspecified atom stereocenters. The van der Waals surface area contributed by atoms with Crippen LogP contribution in [0.2, 0.25) is 0 Å². The van der Waals surface area contributed by atoms with Crippen LogP contribution in [0.3, 0.4) is 0 Å². The van der Waals surface area contributed by atoms with E-state index in [0.717, 1.165) is 28.6 Å². The lowest BCUT2D eigenvalue weighted by molar-refractivity contribution is -0.140. The number of fused-ring (bicyclic) bond motifs is 1. The summed E-state index contributed by atoms with van der Waals surface area (Å²) in [5.74, 6) is 0.683. The molecule has 0 saturated heterocycles. The smallest absolute Gasteiger partial charge is 0.305 e. The molecule has 0 N–H and O–H groups in total. The molecule has 0 fully saturated rings. The van der Waals surface area contributed by atoms with Gasteiger partial charge in [-0.2, -0.15) is 0 Å². The van der Waals surface area contributed by atoms with Crippen molar-refractivity contribution in [1.82, 2.24) is 0 Å². The molecule has 1 aliphatic carbocycles. The summed E-state index contributed by atoms with van der Waals surface area (Å²) in [5.41, 5.74) is 3.75. The van der Waals surface area contributed by atoms with Crippen LogP contribution in [-0.2, 0) is 22.4 Å². The zero-order valence-electron chi connectivity index (χ0n) is 13.0. The molecule has 2 aromatic carbocycles. The number of aryl methyl sites for hydroxylation is 2. The van der Waals surface area contributed by atoms with Crippen molar-refractivity contribution in [2.45, 2.75) is 31.8 Å². The van der Waals surface area contributed by atoms with E-state index in [0.29, 0.717) is 12.8 Å². The summed E-state index contributed by atoms with van der Waals surface area (Å²) < 4.78 is 11.9. The van der Waals surface area contributed by atoms with Crippen LogP contribution < -0.4 is 4.74 Å². The van der Waals surface area contributed by atoms with Crippen LogP contribution in [0, 0.1) is 0 Å². The first kappa shape index (κ1) is 16.1. The highest BCUT2D eigenvalue weighted by Crippen LogP contribution is 2.36. The number of hydrogen-bond donors (Lipinski definition) is 0. The van der Waals surface area contributed by atoms with Gasteiger partial charge < -0.3 is 9.47 Å². The van der Waals surface area contributed by atoms with E-state index in [9.17, 15) is 4.79 Å². The Hall–Kier alpha value is -1.81. The van der Waals surface area contributed by atoms with E-state index in [1.165, 1.54) is 18.2 Å². The molecule has 0 bridgehead atoms. The number of ether oxygens (including phenoxy) is 2. The van der Waals surface area contributed by atoms with E-state index in [4.69, 9.17) is 4.74 Å². The van der Waals surface area contributed by atoms with Crippen LogP contribution >= 0.6 is 15.9 Å². The first-order valence-corrected chi connectivity index (χ1v) is 8.56. The summed E-state index contributed by atoms with van der Waals surface area (Å²) in [4.78, 5) is 11.2. The molecule has 0 amide bonds. The van der Waals surface area contributed by atoms with Crippen molar-refractivity contribution < 1.29 is 14.3 Å². The standard InChI is InChI=1S/C19H19BrO3/c1-22-19(21)11-4-13-2-8-16(9-3-13)23-18-10-6-14-5-7-15(20)12-17(14)18/h2-3,5,7-9,12,18H,4,6,10-11H2,1H3. The van der Waals surface area contributed by atoms with Gasteiger partial charge >= 0.3 is 5.97 Å². The maximum Gasteiger partial charge on any atom is 0.305 e. The number of carbonyl (C=O) groups is 1. The van der Waals surface area contributed by atoms with E-state index < -0.39 is 0 Å². The van der Waals surface area contributed by atoms with Crippen molar-refractivity contribution in [3.63, 3.8) is 0 Å². The minimum Gasteiger partial charge on any atom is -0.486 e. The molecule has 0 aliphatic heterocycles. The molecule has 120 valence electrons. The molecule has 2 aromatic rings. The minimum absolute atomic E-state index is 0.114. The van der Waals surface area contributed by atoms with Crippen molar-refractivity contribution in [2.75, 3.05) is 7.11 Å². The fourth-order valence-electron chi connectivity index (χ4n) is 2.91. The Morgan fingerprint density at radius 3 is 2.74 bits per heavy atom. The number of esters is 1. The van der Waals surface area contributed by atoms with Gasteiger partial charge in [0.15, 0.2) is 0 Å². The molecule has 0 aromatic heterocycles. The highest BCUT2D eigenvalue weighted by Gasteiger charge is 2.24. The fraction of sp³-hybridized carbons (Fsp3) is 0.316. The Morgan fingerprint density at radius 1 is 1.22 bits per heavy atom. The maximum absolute atomic E-state index is 11.2. The van der Waals surface area contributed by atoms with Crippen molar-refractivity contribution in [3.8, 4) is 5.75 Å². The second kappa shape index (κ2) is 7.18. The number of carbonyl (C=O) groups excluding carboxylic acids is 1. The Bertz CT molecular complexity index is 694. The van der Waals surface area contributed by atoms with Crippen molar-refractivity contribution >= 4 is 21.9 Å². The normalized spacial score (nSPS) is 16.0. The molecule has 23 heavy (non-hydrogen) atoms. The monoisotopic (exact) mass is 374 g/mol. The number of halogens is 1. The van der Waals surface area contributed by atoms with Gasteiger partial charge in [-0.15, -0.1) is 0 Å². The maximum atomic E-state index is 11.2. The third-order valence-electron chi connectivity index (χ3n) is 4.18. The Balaban J connectivity index is 1.64. The third-order valence-corrected chi connectivity index (χ3v) is 4.67. The predicted molar refractivity (Wildman–Crippen MR) is 92.6 cm³/mol. The van der Waals surface area contributed by atoms with Crippen LogP contribution in [0.15, 0.2) is 46.9 Å². The molecule has 1 atom stereocenters. The quantitative estimate of drug-likeness (QED) is 0.716. The summed E-state index contributed by atoms with van der Waals surface area (Å²) >= 11 is 3.53. The zero-order valence-corrected chi connectivity index (χ0v) is 14.6. The topological polar surface area (TPSA) is 35.5 Å². The van der Waals surface area contributed by atoms with Gasteiger partial charge in [0.1, 0.15) is 11.9 Å². The lowest BCUT2D eigenvalue weighted by atomic mass is 10.1. The average Bonchev–Trinajstić information content (AvgIpc) is 2.96. The van der Waals surface area contributed by atoms with Crippen LogP contribution in [0.5, 0.6) is 5.75 Å². The van der Waals surface area contributed by atoms with Crippen LogP contribution in [0.1, 0.15) is 35.6 Å². The van der Waals surface area contributed by atoms with Crippen LogP contribution in [0.25, 0.3) is 0 Å². The molecule has 0 radical (unpaired) electrons. The molecule has 1 aliphatic rings.